The van der Waals surface area contributed by atoms with Gasteiger partial charge in [0.2, 0.25) is 0 Å². The maximum absolute atomic E-state index is 13.7. The molecule has 0 aliphatic heterocycles. The lowest BCUT2D eigenvalue weighted by Gasteiger charge is -2.13. The lowest BCUT2D eigenvalue weighted by atomic mass is 10.1. The lowest BCUT2D eigenvalue weighted by Crippen LogP contribution is -2.39. The summed E-state index contributed by atoms with van der Waals surface area (Å²) < 4.78 is 39.5. The third kappa shape index (κ3) is 4.87. The molecule has 3 aromatic rings. The summed E-state index contributed by atoms with van der Waals surface area (Å²) in [6, 6.07) is 12.6. The van der Waals surface area contributed by atoms with Crippen LogP contribution in [0.3, 0.4) is 0 Å². The Kier molecular flexibility index (Phi) is 6.53. The van der Waals surface area contributed by atoms with Crippen molar-refractivity contribution in [3.8, 4) is 16.9 Å². The fraction of sp³-hybridized carbons (Fsp3) is 0.150. The molecule has 1 amide bonds. The maximum Gasteiger partial charge on any atom is 0.284 e. The van der Waals surface area contributed by atoms with E-state index in [0.717, 1.165) is 10.7 Å². The van der Waals surface area contributed by atoms with Crippen LogP contribution in [0.4, 0.5) is 13.2 Å². The van der Waals surface area contributed by atoms with Gasteiger partial charge in [-0.05, 0) is 36.4 Å². The van der Waals surface area contributed by atoms with Gasteiger partial charge in [0.1, 0.15) is 17.5 Å². The molecule has 30 heavy (non-hydrogen) atoms. The zero-order chi connectivity index (χ0) is 21.8. The zero-order valence-electron chi connectivity index (χ0n) is 15.2. The Balaban J connectivity index is 2.10. The van der Waals surface area contributed by atoms with Crippen molar-refractivity contribution >= 4 is 17.5 Å². The van der Waals surface area contributed by atoms with Crippen LogP contribution in [0, 0.1) is 5.82 Å². The zero-order valence-corrected chi connectivity index (χ0v) is 16.0. The van der Waals surface area contributed by atoms with Crippen LogP contribution >= 0.6 is 11.6 Å². The molecular formula is C20H15ClF3N3O3. The number of aliphatic hydroxyl groups excluding tert-OH is 1. The van der Waals surface area contributed by atoms with Gasteiger partial charge < -0.3 is 10.4 Å². The summed E-state index contributed by atoms with van der Waals surface area (Å²) >= 11 is 5.88. The molecule has 0 fully saturated rings. The third-order valence-corrected chi connectivity index (χ3v) is 4.36. The summed E-state index contributed by atoms with van der Waals surface area (Å²) in [6.45, 7) is -0.755. The molecule has 0 aliphatic rings. The average molecular weight is 438 g/mol. The van der Waals surface area contributed by atoms with Crippen molar-refractivity contribution in [1.82, 2.24) is 15.1 Å². The van der Waals surface area contributed by atoms with E-state index in [4.69, 9.17) is 11.6 Å². The molecular weight excluding hydrogens is 423 g/mol. The molecule has 0 aliphatic carbocycles. The van der Waals surface area contributed by atoms with Crippen LogP contribution in [0.2, 0.25) is 5.02 Å². The van der Waals surface area contributed by atoms with E-state index in [9.17, 15) is 27.9 Å². The predicted molar refractivity (Wildman–Crippen MR) is 105 cm³/mol. The van der Waals surface area contributed by atoms with E-state index in [1.54, 1.807) is 24.3 Å². The molecule has 2 N–H and O–H groups in total. The second-order valence-electron chi connectivity index (χ2n) is 6.26. The Bertz CT molecular complexity index is 1120. The van der Waals surface area contributed by atoms with E-state index in [2.05, 4.69) is 10.4 Å². The van der Waals surface area contributed by atoms with Crippen molar-refractivity contribution in [1.29, 1.82) is 0 Å². The first-order valence-electron chi connectivity index (χ1n) is 8.67. The number of aromatic nitrogens is 2. The van der Waals surface area contributed by atoms with E-state index < -0.39 is 41.9 Å². The molecule has 1 atom stereocenters. The molecule has 0 spiro atoms. The van der Waals surface area contributed by atoms with Gasteiger partial charge in [0.25, 0.3) is 17.9 Å². The van der Waals surface area contributed by atoms with Crippen molar-refractivity contribution in [2.45, 2.75) is 12.5 Å². The number of benzene rings is 2. The van der Waals surface area contributed by atoms with E-state index in [0.29, 0.717) is 10.6 Å². The number of hydrogen-bond acceptors (Lipinski definition) is 4. The number of rotatable bonds is 6. The van der Waals surface area contributed by atoms with Crippen LogP contribution < -0.4 is 10.9 Å². The topological polar surface area (TPSA) is 84.2 Å². The van der Waals surface area contributed by atoms with Gasteiger partial charge in [-0.3, -0.25) is 9.59 Å². The second-order valence-corrected chi connectivity index (χ2v) is 6.70. The second kappa shape index (κ2) is 9.10. The van der Waals surface area contributed by atoms with E-state index in [1.165, 1.54) is 24.3 Å². The average Bonchev–Trinajstić information content (AvgIpc) is 2.72. The minimum Gasteiger partial charge on any atom is -0.385 e. The molecule has 0 saturated carbocycles. The number of alkyl halides is 2. The third-order valence-electron chi connectivity index (χ3n) is 4.11. The van der Waals surface area contributed by atoms with Crippen molar-refractivity contribution in [3.63, 3.8) is 0 Å². The van der Waals surface area contributed by atoms with Gasteiger partial charge in [-0.25, -0.2) is 13.2 Å². The van der Waals surface area contributed by atoms with Crippen LogP contribution in [0.1, 0.15) is 10.4 Å². The van der Waals surface area contributed by atoms with Crippen LogP contribution in [0.25, 0.3) is 16.9 Å². The van der Waals surface area contributed by atoms with E-state index in [-0.39, 0.29) is 11.4 Å². The fourth-order valence-corrected chi connectivity index (χ4v) is 2.71. The molecule has 1 heterocycles. The van der Waals surface area contributed by atoms with Gasteiger partial charge in [0, 0.05) is 17.1 Å². The number of carbonyl (C=O) groups is 1. The minimum atomic E-state index is -3.06. The number of hydrogen-bond donors (Lipinski definition) is 2. The molecule has 1 aromatic heterocycles. The van der Waals surface area contributed by atoms with Gasteiger partial charge in [0.05, 0.1) is 11.4 Å². The standard InChI is InChI=1S/C20H15ClF3N3O3/c21-12-6-4-11(5-7-12)16-9-15(19(29)25-10-17(28)18(23)24)20(30)27(26-16)14-3-1-2-13(22)8-14/h1-9,17-18,28H,10H2,(H,25,29)/t17-/m0/s1. The Labute approximate surface area is 173 Å². The van der Waals surface area contributed by atoms with Gasteiger partial charge in [-0.2, -0.15) is 9.78 Å². The van der Waals surface area contributed by atoms with Gasteiger partial charge >= 0.3 is 0 Å². The molecule has 2 aromatic carbocycles. The summed E-state index contributed by atoms with van der Waals surface area (Å²) in [4.78, 5) is 25.3. The Morgan fingerprint density at radius 2 is 1.87 bits per heavy atom. The SMILES string of the molecule is O=C(NC[C@H](O)C(F)F)c1cc(-c2ccc(Cl)cc2)nn(-c2cccc(F)c2)c1=O. The molecule has 0 radical (unpaired) electrons. The minimum absolute atomic E-state index is 0.0671. The summed E-state index contributed by atoms with van der Waals surface area (Å²) in [6.07, 6.45) is -5.15. The smallest absolute Gasteiger partial charge is 0.284 e. The predicted octanol–water partition coefficient (Wildman–Crippen LogP) is 3.05. The summed E-state index contributed by atoms with van der Waals surface area (Å²) in [5.41, 5.74) is -0.540. The quantitative estimate of drug-likeness (QED) is 0.621. The van der Waals surface area contributed by atoms with Gasteiger partial charge in [-0.1, -0.05) is 29.8 Å². The number of nitrogens with one attached hydrogen (secondary N) is 1. The van der Waals surface area contributed by atoms with Crippen molar-refractivity contribution in [2.24, 2.45) is 0 Å². The summed E-state index contributed by atoms with van der Waals surface area (Å²) in [5.74, 6) is -1.60. The first kappa shape index (κ1) is 21.5. The van der Waals surface area contributed by atoms with Crippen molar-refractivity contribution in [3.05, 3.63) is 81.4 Å². The number of nitrogens with zero attached hydrogens (tertiary/aromatic N) is 2. The Morgan fingerprint density at radius 1 is 1.17 bits per heavy atom. The highest BCUT2D eigenvalue weighted by Gasteiger charge is 2.21. The normalized spacial score (nSPS) is 12.1. The summed E-state index contributed by atoms with van der Waals surface area (Å²) in [7, 11) is 0. The van der Waals surface area contributed by atoms with E-state index in [1.807, 2.05) is 0 Å². The van der Waals surface area contributed by atoms with Crippen LogP contribution in [-0.2, 0) is 0 Å². The first-order chi connectivity index (χ1) is 14.3. The molecule has 6 nitrogen and oxygen atoms in total. The van der Waals surface area contributed by atoms with E-state index >= 15 is 0 Å². The number of amides is 1. The maximum atomic E-state index is 13.7. The monoisotopic (exact) mass is 437 g/mol. The molecule has 0 saturated heterocycles. The number of halogens is 4. The molecule has 3 rings (SSSR count). The van der Waals surface area contributed by atoms with Crippen LogP contribution in [0.5, 0.6) is 0 Å². The molecule has 156 valence electrons. The molecule has 10 heteroatoms. The first-order valence-corrected chi connectivity index (χ1v) is 9.04. The van der Waals surface area contributed by atoms with Crippen molar-refractivity contribution in [2.75, 3.05) is 6.54 Å². The number of carbonyl (C=O) groups excluding carboxylic acids is 1. The van der Waals surface area contributed by atoms with Gasteiger partial charge in [0.15, 0.2) is 0 Å². The highest BCUT2D eigenvalue weighted by molar-refractivity contribution is 6.30. The largest absolute Gasteiger partial charge is 0.385 e. The Hall–Kier alpha value is -3.17. The summed E-state index contributed by atoms with van der Waals surface area (Å²) in [5, 5.41) is 15.9. The molecule has 0 bridgehead atoms. The molecule has 0 unspecified atom stereocenters. The van der Waals surface area contributed by atoms with Crippen molar-refractivity contribution < 1.29 is 23.1 Å². The van der Waals surface area contributed by atoms with Crippen LogP contribution in [-0.4, -0.2) is 39.9 Å². The fourth-order valence-electron chi connectivity index (χ4n) is 2.58. The van der Waals surface area contributed by atoms with Gasteiger partial charge in [-0.15, -0.1) is 0 Å². The Morgan fingerprint density at radius 3 is 2.50 bits per heavy atom. The highest BCUT2D eigenvalue weighted by atomic mass is 35.5. The lowest BCUT2D eigenvalue weighted by molar-refractivity contribution is -0.00271. The highest BCUT2D eigenvalue weighted by Crippen LogP contribution is 2.20. The number of aliphatic hydroxyl groups is 1. The van der Waals surface area contributed by atoms with Crippen LogP contribution in [0.15, 0.2) is 59.4 Å².